The van der Waals surface area contributed by atoms with Crippen LogP contribution < -0.4 is 4.74 Å². The molecule has 0 atom stereocenters. The minimum atomic E-state index is -5.51. The van der Waals surface area contributed by atoms with Crippen molar-refractivity contribution in [3.8, 4) is 5.75 Å². The standard InChI is InChI=1S/C17H19F3N2O4S/c1-16(2)9-13(22-7-6-21(3)10-15(22)23)12-8-11(4-5-14(12)26-16)27(24,25)17(18,19)20/h4-5,8-9H,6-7,10H2,1-3H3. The van der Waals surface area contributed by atoms with E-state index in [9.17, 15) is 26.4 Å². The number of carbonyl (C=O) groups is 1. The lowest BCUT2D eigenvalue weighted by molar-refractivity contribution is -0.131. The molecule has 6 nitrogen and oxygen atoms in total. The van der Waals surface area contributed by atoms with Gasteiger partial charge in [-0.1, -0.05) is 0 Å². The summed E-state index contributed by atoms with van der Waals surface area (Å²) in [6.07, 6.45) is 1.63. The Bertz CT molecular complexity index is 923. The monoisotopic (exact) mass is 404 g/mol. The lowest BCUT2D eigenvalue weighted by Crippen LogP contribution is -2.48. The fraction of sp³-hybridized carbons (Fsp3) is 0.471. The van der Waals surface area contributed by atoms with E-state index in [0.717, 1.165) is 12.1 Å². The first-order valence-electron chi connectivity index (χ1n) is 8.18. The zero-order valence-electron chi connectivity index (χ0n) is 15.0. The normalized spacial score (nSPS) is 20.7. The maximum Gasteiger partial charge on any atom is 0.501 e. The molecule has 3 rings (SSSR count). The van der Waals surface area contributed by atoms with Gasteiger partial charge in [-0.05, 0) is 45.2 Å². The van der Waals surface area contributed by atoms with Crippen LogP contribution in [-0.2, 0) is 14.6 Å². The lowest BCUT2D eigenvalue weighted by Gasteiger charge is -2.39. The molecule has 0 aromatic heterocycles. The number of carbonyl (C=O) groups excluding carboxylic acids is 1. The number of fused-ring (bicyclic) bond motifs is 1. The molecule has 1 aromatic rings. The molecule has 0 bridgehead atoms. The number of sulfone groups is 1. The molecule has 2 aliphatic rings. The quantitative estimate of drug-likeness (QED) is 0.757. The highest BCUT2D eigenvalue weighted by atomic mass is 32.2. The van der Waals surface area contributed by atoms with E-state index >= 15 is 0 Å². The van der Waals surface area contributed by atoms with Crippen LogP contribution in [-0.4, -0.2) is 61.9 Å². The Morgan fingerprint density at radius 1 is 1.19 bits per heavy atom. The third-order valence-electron chi connectivity index (χ3n) is 4.40. The van der Waals surface area contributed by atoms with Crippen LogP contribution in [0.4, 0.5) is 13.2 Å². The number of amides is 1. The van der Waals surface area contributed by atoms with Crippen LogP contribution in [0.15, 0.2) is 29.2 Å². The second-order valence-electron chi connectivity index (χ2n) is 7.13. The maximum atomic E-state index is 12.9. The zero-order valence-corrected chi connectivity index (χ0v) is 15.8. The SMILES string of the molecule is CN1CCN(C2=CC(C)(C)Oc3ccc(S(=O)(=O)C(F)(F)F)cc32)C(=O)C1. The summed E-state index contributed by atoms with van der Waals surface area (Å²) in [7, 11) is -3.72. The average Bonchev–Trinajstić information content (AvgIpc) is 2.52. The minimum absolute atomic E-state index is 0.151. The predicted molar refractivity (Wildman–Crippen MR) is 91.6 cm³/mol. The third-order valence-corrected chi connectivity index (χ3v) is 5.89. The zero-order chi connectivity index (χ0) is 20.2. The number of halogens is 3. The molecular formula is C17H19F3N2O4S. The topological polar surface area (TPSA) is 66.9 Å². The Kier molecular flexibility index (Phi) is 4.54. The van der Waals surface area contributed by atoms with Gasteiger partial charge in [0.2, 0.25) is 5.91 Å². The van der Waals surface area contributed by atoms with Gasteiger partial charge >= 0.3 is 5.51 Å². The molecule has 27 heavy (non-hydrogen) atoms. The molecular weight excluding hydrogens is 385 g/mol. The summed E-state index contributed by atoms with van der Waals surface area (Å²) in [4.78, 5) is 14.9. The van der Waals surface area contributed by atoms with Crippen molar-refractivity contribution in [2.75, 3.05) is 26.7 Å². The molecule has 0 spiro atoms. The minimum Gasteiger partial charge on any atom is -0.483 e. The van der Waals surface area contributed by atoms with E-state index in [1.807, 2.05) is 4.90 Å². The van der Waals surface area contributed by atoms with Gasteiger partial charge in [-0.15, -0.1) is 0 Å². The Morgan fingerprint density at radius 3 is 2.44 bits per heavy atom. The number of hydrogen-bond donors (Lipinski definition) is 0. The van der Waals surface area contributed by atoms with Gasteiger partial charge in [-0.2, -0.15) is 13.2 Å². The lowest BCUT2D eigenvalue weighted by atomic mass is 9.97. The van der Waals surface area contributed by atoms with Crippen molar-refractivity contribution in [2.24, 2.45) is 0 Å². The Labute approximate surface area is 155 Å². The largest absolute Gasteiger partial charge is 0.501 e. The Morgan fingerprint density at radius 2 is 1.85 bits per heavy atom. The number of likely N-dealkylation sites (N-methyl/N-ethyl adjacent to an activating group) is 1. The molecule has 0 unspecified atom stereocenters. The van der Waals surface area contributed by atoms with Gasteiger partial charge < -0.3 is 9.64 Å². The van der Waals surface area contributed by atoms with Crippen molar-refractivity contribution >= 4 is 21.4 Å². The van der Waals surface area contributed by atoms with E-state index in [-0.39, 0.29) is 23.8 Å². The molecule has 0 N–H and O–H groups in total. The molecule has 0 radical (unpaired) electrons. The fourth-order valence-corrected chi connectivity index (χ4v) is 3.88. The van der Waals surface area contributed by atoms with Crippen molar-refractivity contribution in [2.45, 2.75) is 29.9 Å². The number of benzene rings is 1. The van der Waals surface area contributed by atoms with Gasteiger partial charge in [0.1, 0.15) is 11.4 Å². The predicted octanol–water partition coefficient (Wildman–Crippen LogP) is 2.27. The van der Waals surface area contributed by atoms with Crippen molar-refractivity contribution in [1.82, 2.24) is 9.80 Å². The Balaban J connectivity index is 2.13. The second kappa shape index (κ2) is 6.23. The molecule has 0 saturated carbocycles. The van der Waals surface area contributed by atoms with E-state index in [1.165, 1.54) is 11.0 Å². The van der Waals surface area contributed by atoms with E-state index in [2.05, 4.69) is 0 Å². The van der Waals surface area contributed by atoms with Crippen molar-refractivity contribution in [3.63, 3.8) is 0 Å². The van der Waals surface area contributed by atoms with Crippen molar-refractivity contribution in [1.29, 1.82) is 0 Å². The van der Waals surface area contributed by atoms with E-state index in [0.29, 0.717) is 18.8 Å². The van der Waals surface area contributed by atoms with Crippen LogP contribution >= 0.6 is 0 Å². The highest BCUT2D eigenvalue weighted by molar-refractivity contribution is 7.92. The number of hydrogen-bond acceptors (Lipinski definition) is 5. The Hall–Kier alpha value is -2.07. The fourth-order valence-electron chi connectivity index (χ4n) is 3.09. The number of nitrogens with zero attached hydrogens (tertiary/aromatic N) is 2. The summed E-state index contributed by atoms with van der Waals surface area (Å²) < 4.78 is 68.1. The van der Waals surface area contributed by atoms with Crippen molar-refractivity contribution in [3.05, 3.63) is 29.8 Å². The van der Waals surface area contributed by atoms with Gasteiger partial charge in [0, 0.05) is 18.7 Å². The first-order chi connectivity index (χ1) is 12.3. The molecule has 1 amide bonds. The number of piperazine rings is 1. The van der Waals surface area contributed by atoms with E-state index < -0.39 is 25.8 Å². The summed E-state index contributed by atoms with van der Waals surface area (Å²) in [6, 6.07) is 2.99. The van der Waals surface area contributed by atoms with Crippen LogP contribution in [0.1, 0.15) is 19.4 Å². The van der Waals surface area contributed by atoms with Crippen LogP contribution in [0, 0.1) is 0 Å². The van der Waals surface area contributed by atoms with Gasteiger partial charge in [0.15, 0.2) is 0 Å². The molecule has 1 saturated heterocycles. The number of ether oxygens (including phenoxy) is 1. The first kappa shape index (κ1) is 19.7. The molecule has 1 aromatic carbocycles. The molecule has 2 heterocycles. The molecule has 2 aliphatic heterocycles. The third kappa shape index (κ3) is 3.55. The summed E-state index contributed by atoms with van der Waals surface area (Å²) in [6.45, 7) is 4.58. The summed E-state index contributed by atoms with van der Waals surface area (Å²) in [5, 5.41) is 0. The maximum absolute atomic E-state index is 12.9. The van der Waals surface area contributed by atoms with Crippen LogP contribution in [0.25, 0.3) is 5.70 Å². The highest BCUT2D eigenvalue weighted by Gasteiger charge is 2.47. The van der Waals surface area contributed by atoms with Gasteiger partial charge in [-0.3, -0.25) is 9.69 Å². The van der Waals surface area contributed by atoms with Crippen LogP contribution in [0.5, 0.6) is 5.75 Å². The number of alkyl halides is 3. The molecule has 1 fully saturated rings. The first-order valence-corrected chi connectivity index (χ1v) is 9.67. The second-order valence-corrected chi connectivity index (χ2v) is 9.07. The molecule has 148 valence electrons. The molecule has 0 aliphatic carbocycles. The van der Waals surface area contributed by atoms with Gasteiger partial charge in [-0.25, -0.2) is 8.42 Å². The summed E-state index contributed by atoms with van der Waals surface area (Å²) in [5.41, 5.74) is -5.71. The van der Waals surface area contributed by atoms with E-state index in [1.54, 1.807) is 27.0 Å². The van der Waals surface area contributed by atoms with Crippen LogP contribution in [0.2, 0.25) is 0 Å². The van der Waals surface area contributed by atoms with Crippen LogP contribution in [0.3, 0.4) is 0 Å². The van der Waals surface area contributed by atoms with E-state index in [4.69, 9.17) is 4.74 Å². The highest BCUT2D eigenvalue weighted by Crippen LogP contribution is 2.41. The smallest absolute Gasteiger partial charge is 0.483 e. The van der Waals surface area contributed by atoms with Gasteiger partial charge in [0.05, 0.1) is 17.1 Å². The molecule has 10 heteroatoms. The number of rotatable bonds is 2. The average molecular weight is 404 g/mol. The summed E-state index contributed by atoms with van der Waals surface area (Å²) in [5.74, 6) is 0.00749. The van der Waals surface area contributed by atoms with Crippen molar-refractivity contribution < 1.29 is 31.1 Å². The van der Waals surface area contributed by atoms with Gasteiger partial charge in [0.25, 0.3) is 9.84 Å². The summed E-state index contributed by atoms with van der Waals surface area (Å²) >= 11 is 0.